The first-order valence-electron chi connectivity index (χ1n) is 7.39. The van der Waals surface area contributed by atoms with E-state index in [0.717, 1.165) is 42.3 Å². The molecule has 110 valence electrons. The summed E-state index contributed by atoms with van der Waals surface area (Å²) >= 11 is 3.47. The lowest BCUT2D eigenvalue weighted by Gasteiger charge is -2.29. The van der Waals surface area contributed by atoms with E-state index < -0.39 is 0 Å². The third-order valence-electron chi connectivity index (χ3n) is 4.05. The quantitative estimate of drug-likeness (QED) is 0.861. The highest BCUT2D eigenvalue weighted by Gasteiger charge is 2.40. The molecule has 3 nitrogen and oxygen atoms in total. The van der Waals surface area contributed by atoms with Gasteiger partial charge < -0.3 is 10.6 Å². The molecule has 0 aliphatic carbocycles. The maximum Gasteiger partial charge on any atom is 0.240 e. The normalized spacial score (nSPS) is 23.6. The van der Waals surface area contributed by atoms with E-state index in [0.29, 0.717) is 0 Å². The van der Waals surface area contributed by atoms with Gasteiger partial charge in [-0.05, 0) is 50.4 Å². The summed E-state index contributed by atoms with van der Waals surface area (Å²) in [7, 11) is 0. The molecule has 4 heteroatoms. The van der Waals surface area contributed by atoms with Gasteiger partial charge in [-0.2, -0.15) is 0 Å². The molecule has 2 atom stereocenters. The van der Waals surface area contributed by atoms with Crippen molar-refractivity contribution in [1.82, 2.24) is 10.6 Å². The fraction of sp³-hybridized carbons (Fsp3) is 0.562. The van der Waals surface area contributed by atoms with Gasteiger partial charge in [-0.1, -0.05) is 41.4 Å². The monoisotopic (exact) mass is 338 g/mol. The molecule has 0 spiro atoms. The van der Waals surface area contributed by atoms with Crippen LogP contribution in [0.3, 0.4) is 0 Å². The van der Waals surface area contributed by atoms with Crippen molar-refractivity contribution in [3.63, 3.8) is 0 Å². The number of hydrogen-bond donors (Lipinski definition) is 2. The number of halogens is 1. The van der Waals surface area contributed by atoms with Crippen LogP contribution in [0.4, 0.5) is 0 Å². The maximum absolute atomic E-state index is 12.6. The summed E-state index contributed by atoms with van der Waals surface area (Å²) in [5.74, 6) is 0.143. The first-order chi connectivity index (χ1) is 9.57. The average Bonchev–Trinajstić information content (AvgIpc) is 2.89. The van der Waals surface area contributed by atoms with E-state index in [2.05, 4.69) is 39.6 Å². The minimum Gasteiger partial charge on any atom is -0.348 e. The summed E-state index contributed by atoms with van der Waals surface area (Å²) in [6, 6.07) is 8.12. The second-order valence-electron chi connectivity index (χ2n) is 5.61. The Hall–Kier alpha value is -0.870. The summed E-state index contributed by atoms with van der Waals surface area (Å²) < 4.78 is 1.04. The lowest BCUT2D eigenvalue weighted by Crippen LogP contribution is -2.53. The summed E-state index contributed by atoms with van der Waals surface area (Å²) in [4.78, 5) is 12.6. The van der Waals surface area contributed by atoms with Gasteiger partial charge in [-0.15, -0.1) is 0 Å². The molecule has 0 saturated carbocycles. The molecule has 20 heavy (non-hydrogen) atoms. The summed E-state index contributed by atoms with van der Waals surface area (Å²) in [6.07, 6.45) is 3.95. The number of carbonyl (C=O) groups is 1. The highest BCUT2D eigenvalue weighted by molar-refractivity contribution is 9.10. The Morgan fingerprint density at radius 1 is 1.55 bits per heavy atom. The largest absolute Gasteiger partial charge is 0.348 e. The zero-order valence-electron chi connectivity index (χ0n) is 12.2. The molecule has 0 bridgehead atoms. The Balaban J connectivity index is 2.06. The Morgan fingerprint density at radius 2 is 2.35 bits per heavy atom. The van der Waals surface area contributed by atoms with Crippen molar-refractivity contribution >= 4 is 21.8 Å². The van der Waals surface area contributed by atoms with E-state index in [4.69, 9.17) is 0 Å². The molecule has 0 radical (unpaired) electrons. The van der Waals surface area contributed by atoms with Crippen molar-refractivity contribution in [2.24, 2.45) is 0 Å². The third kappa shape index (κ3) is 3.41. The van der Waals surface area contributed by atoms with E-state index in [-0.39, 0.29) is 17.5 Å². The van der Waals surface area contributed by atoms with E-state index in [1.165, 1.54) is 0 Å². The number of benzene rings is 1. The molecular weight excluding hydrogens is 316 g/mol. The van der Waals surface area contributed by atoms with Crippen molar-refractivity contribution < 1.29 is 4.79 Å². The Kier molecular flexibility index (Phi) is 5.22. The number of carbonyl (C=O) groups excluding carboxylic acids is 1. The summed E-state index contributed by atoms with van der Waals surface area (Å²) in [5.41, 5.74) is 0.770. The SMILES string of the molecule is CCCC1(C(=O)N[C@H](C)c2cccc(Br)c2)CCCN1. The van der Waals surface area contributed by atoms with Gasteiger partial charge in [-0.25, -0.2) is 0 Å². The van der Waals surface area contributed by atoms with Gasteiger partial charge in [0.25, 0.3) is 0 Å². The summed E-state index contributed by atoms with van der Waals surface area (Å²) in [5, 5.41) is 6.59. The second-order valence-corrected chi connectivity index (χ2v) is 6.53. The van der Waals surface area contributed by atoms with Crippen molar-refractivity contribution in [2.45, 2.75) is 51.1 Å². The van der Waals surface area contributed by atoms with Gasteiger partial charge in [-0.3, -0.25) is 4.79 Å². The second kappa shape index (κ2) is 6.72. The van der Waals surface area contributed by atoms with Gasteiger partial charge in [0.2, 0.25) is 5.91 Å². The number of hydrogen-bond acceptors (Lipinski definition) is 2. The molecule has 1 saturated heterocycles. The van der Waals surface area contributed by atoms with Crippen LogP contribution in [0.2, 0.25) is 0 Å². The zero-order chi connectivity index (χ0) is 14.6. The standard InChI is InChI=1S/C16H23BrN2O/c1-3-8-16(9-5-10-18-16)15(20)19-12(2)13-6-4-7-14(17)11-13/h4,6-7,11-12,18H,3,5,8-10H2,1-2H3,(H,19,20)/t12-,16?/m1/s1. The van der Waals surface area contributed by atoms with Crippen LogP contribution in [0.1, 0.15) is 51.1 Å². The first kappa shape index (κ1) is 15.5. The molecule has 2 rings (SSSR count). The number of rotatable bonds is 5. The predicted octanol–water partition coefficient (Wildman–Crippen LogP) is 3.55. The van der Waals surface area contributed by atoms with E-state index in [1.54, 1.807) is 0 Å². The molecule has 1 unspecified atom stereocenters. The maximum atomic E-state index is 12.6. The van der Waals surface area contributed by atoms with Crippen LogP contribution in [0.25, 0.3) is 0 Å². The zero-order valence-corrected chi connectivity index (χ0v) is 13.8. The minimum absolute atomic E-state index is 0.0242. The molecule has 1 aliphatic rings. The van der Waals surface area contributed by atoms with E-state index >= 15 is 0 Å². The van der Waals surface area contributed by atoms with Crippen molar-refractivity contribution in [1.29, 1.82) is 0 Å². The molecule has 1 heterocycles. The molecule has 1 aromatic carbocycles. The Bertz CT molecular complexity index is 469. The van der Waals surface area contributed by atoms with Gasteiger partial charge in [0.05, 0.1) is 11.6 Å². The lowest BCUT2D eigenvalue weighted by molar-refractivity contribution is -0.128. The molecule has 0 aromatic heterocycles. The van der Waals surface area contributed by atoms with Gasteiger partial charge >= 0.3 is 0 Å². The van der Waals surface area contributed by atoms with Crippen LogP contribution >= 0.6 is 15.9 Å². The van der Waals surface area contributed by atoms with E-state index in [1.807, 2.05) is 25.1 Å². The molecule has 2 N–H and O–H groups in total. The number of amides is 1. The smallest absolute Gasteiger partial charge is 0.240 e. The Morgan fingerprint density at radius 3 is 2.95 bits per heavy atom. The molecule has 1 amide bonds. The highest BCUT2D eigenvalue weighted by atomic mass is 79.9. The van der Waals surface area contributed by atoms with Crippen LogP contribution in [0.15, 0.2) is 28.7 Å². The fourth-order valence-electron chi connectivity index (χ4n) is 2.95. The number of nitrogens with one attached hydrogen (secondary N) is 2. The van der Waals surface area contributed by atoms with Crippen LogP contribution in [0, 0.1) is 0 Å². The summed E-state index contributed by atoms with van der Waals surface area (Å²) in [6.45, 7) is 5.11. The average molecular weight is 339 g/mol. The topological polar surface area (TPSA) is 41.1 Å². The fourth-order valence-corrected chi connectivity index (χ4v) is 3.36. The third-order valence-corrected chi connectivity index (χ3v) is 4.54. The van der Waals surface area contributed by atoms with Gasteiger partial charge in [0.15, 0.2) is 0 Å². The van der Waals surface area contributed by atoms with Crippen molar-refractivity contribution in [2.75, 3.05) is 6.54 Å². The van der Waals surface area contributed by atoms with Crippen LogP contribution in [-0.2, 0) is 4.79 Å². The van der Waals surface area contributed by atoms with Crippen molar-refractivity contribution in [3.05, 3.63) is 34.3 Å². The van der Waals surface area contributed by atoms with Crippen molar-refractivity contribution in [3.8, 4) is 0 Å². The predicted molar refractivity (Wildman–Crippen MR) is 85.6 cm³/mol. The van der Waals surface area contributed by atoms with Crippen LogP contribution in [-0.4, -0.2) is 18.0 Å². The minimum atomic E-state index is -0.352. The van der Waals surface area contributed by atoms with Crippen LogP contribution in [0.5, 0.6) is 0 Å². The molecule has 1 aliphatic heterocycles. The Labute approximate surface area is 129 Å². The van der Waals surface area contributed by atoms with Crippen LogP contribution < -0.4 is 10.6 Å². The lowest BCUT2D eigenvalue weighted by atomic mass is 9.90. The molecular formula is C16H23BrN2O. The van der Waals surface area contributed by atoms with Gasteiger partial charge in [0.1, 0.15) is 0 Å². The molecule has 1 fully saturated rings. The van der Waals surface area contributed by atoms with E-state index in [9.17, 15) is 4.79 Å². The van der Waals surface area contributed by atoms with Gasteiger partial charge in [0, 0.05) is 4.47 Å². The molecule has 1 aromatic rings. The highest BCUT2D eigenvalue weighted by Crippen LogP contribution is 2.26. The first-order valence-corrected chi connectivity index (χ1v) is 8.18.